The van der Waals surface area contributed by atoms with Crippen LogP contribution in [0.1, 0.15) is 49.0 Å². The largest absolute Gasteiger partial charge is 0.465 e. The monoisotopic (exact) mass is 571 g/mol. The van der Waals surface area contributed by atoms with Crippen molar-refractivity contribution in [2.45, 2.75) is 18.0 Å². The maximum Gasteiger partial charge on any atom is 0.432 e. The molecular weight excluding hydrogens is 551 g/mol. The number of ether oxygens (including phenoxy) is 1. The lowest BCUT2D eigenvalue weighted by molar-refractivity contribution is -0.141. The summed E-state index contributed by atoms with van der Waals surface area (Å²) < 4.78 is 52.8. The molecule has 1 aliphatic heterocycles. The standard InChI is InChI=1S/C31H20F3N3O5/c1-41-29(40)21-23-24(37-28(21)31(32,33)34)26(39)22(27-30(23)11-16(30)12-35-27)25(38)18-9-15-8-14(6-7-17(15)36-18)20-10-13-4-2-3-5-19(13)42-20/h2-10,16,35-37H,11-12H2,1H3. The molecule has 1 saturated carbocycles. The number of aromatic nitrogens is 2. The Bertz CT molecular complexity index is 2040. The number of rotatable bonds is 4. The summed E-state index contributed by atoms with van der Waals surface area (Å²) in [7, 11) is 0.989. The van der Waals surface area contributed by atoms with Crippen LogP contribution in [0.15, 0.2) is 70.3 Å². The predicted molar refractivity (Wildman–Crippen MR) is 144 cm³/mol. The van der Waals surface area contributed by atoms with Gasteiger partial charge in [0.15, 0.2) is 0 Å². The number of furan rings is 1. The molecule has 2 aromatic carbocycles. The fourth-order valence-corrected chi connectivity index (χ4v) is 6.77. The zero-order valence-electron chi connectivity index (χ0n) is 21.9. The number of aromatic amines is 2. The Hall–Kier alpha value is -5.06. The van der Waals surface area contributed by atoms with Crippen molar-refractivity contribution in [1.29, 1.82) is 0 Å². The number of H-pyrrole nitrogens is 2. The van der Waals surface area contributed by atoms with E-state index in [1.54, 1.807) is 12.1 Å². The van der Waals surface area contributed by atoms with E-state index < -0.39 is 46.1 Å². The summed E-state index contributed by atoms with van der Waals surface area (Å²) in [5.74, 6) is -2.26. The molecule has 8 nitrogen and oxygen atoms in total. The van der Waals surface area contributed by atoms with Gasteiger partial charge in [0.2, 0.25) is 11.6 Å². The first-order valence-corrected chi connectivity index (χ1v) is 13.2. The predicted octanol–water partition coefficient (Wildman–Crippen LogP) is 5.91. The van der Waals surface area contributed by atoms with Gasteiger partial charge in [-0.05, 0) is 48.7 Å². The molecule has 0 radical (unpaired) electrons. The summed E-state index contributed by atoms with van der Waals surface area (Å²) >= 11 is 0. The number of Topliss-reactive ketones (excluding diaryl/α,β-unsaturated/α-hetero) is 2. The van der Waals surface area contributed by atoms with Gasteiger partial charge in [0.1, 0.15) is 17.0 Å². The van der Waals surface area contributed by atoms with E-state index in [0.29, 0.717) is 29.6 Å². The second-order valence-corrected chi connectivity index (χ2v) is 10.9. The molecule has 0 amide bonds. The van der Waals surface area contributed by atoms with E-state index >= 15 is 0 Å². The number of nitrogens with one attached hydrogen (secondary N) is 3. The van der Waals surface area contributed by atoms with Crippen molar-refractivity contribution >= 4 is 39.4 Å². The van der Waals surface area contributed by atoms with Crippen molar-refractivity contribution < 1.29 is 36.7 Å². The van der Waals surface area contributed by atoms with Crippen LogP contribution in [0.4, 0.5) is 13.2 Å². The van der Waals surface area contributed by atoms with E-state index in [4.69, 9.17) is 9.15 Å². The van der Waals surface area contributed by atoms with Gasteiger partial charge in [-0.3, -0.25) is 9.59 Å². The van der Waals surface area contributed by atoms with Gasteiger partial charge in [-0.1, -0.05) is 18.2 Å². The van der Waals surface area contributed by atoms with Crippen molar-refractivity contribution in [2.24, 2.45) is 5.92 Å². The molecule has 210 valence electrons. The van der Waals surface area contributed by atoms with Crippen LogP contribution in [-0.4, -0.2) is 41.2 Å². The average Bonchev–Trinajstić information content (AvgIpc) is 3.45. The average molecular weight is 572 g/mol. The number of alkyl halides is 3. The minimum Gasteiger partial charge on any atom is -0.465 e. The summed E-state index contributed by atoms with van der Waals surface area (Å²) in [6.07, 6.45) is -4.55. The molecule has 42 heavy (non-hydrogen) atoms. The minimum absolute atomic E-state index is 0.0413. The number of para-hydroxylation sites is 1. The van der Waals surface area contributed by atoms with Gasteiger partial charge in [-0.25, -0.2) is 4.79 Å². The quantitative estimate of drug-likeness (QED) is 0.140. The van der Waals surface area contributed by atoms with E-state index in [9.17, 15) is 27.6 Å². The first kappa shape index (κ1) is 24.7. The van der Waals surface area contributed by atoms with Crippen molar-refractivity contribution in [1.82, 2.24) is 15.3 Å². The number of ketones is 2. The summed E-state index contributed by atoms with van der Waals surface area (Å²) in [5.41, 5.74) is -1.26. The Kier molecular flexibility index (Phi) is 4.72. The van der Waals surface area contributed by atoms with Crippen LogP contribution in [0.3, 0.4) is 0 Å². The van der Waals surface area contributed by atoms with Gasteiger partial charge < -0.3 is 24.4 Å². The fourth-order valence-electron chi connectivity index (χ4n) is 6.77. The van der Waals surface area contributed by atoms with Crippen LogP contribution in [0, 0.1) is 5.92 Å². The van der Waals surface area contributed by atoms with E-state index in [0.717, 1.165) is 23.6 Å². The molecule has 1 spiro atoms. The zero-order chi connectivity index (χ0) is 29.1. The summed E-state index contributed by atoms with van der Waals surface area (Å²) in [6.45, 7) is 0.361. The normalized spacial score (nSPS) is 20.9. The Labute approximate surface area is 234 Å². The second kappa shape index (κ2) is 8.03. The molecular formula is C31H20F3N3O5. The van der Waals surface area contributed by atoms with Crippen LogP contribution in [0.25, 0.3) is 33.2 Å². The van der Waals surface area contributed by atoms with Crippen LogP contribution in [0.2, 0.25) is 0 Å². The molecule has 2 unspecified atom stereocenters. The molecule has 2 atom stereocenters. The van der Waals surface area contributed by atoms with Crippen molar-refractivity contribution in [3.05, 3.63) is 94.1 Å². The molecule has 1 saturated heterocycles. The lowest BCUT2D eigenvalue weighted by Gasteiger charge is -2.26. The van der Waals surface area contributed by atoms with E-state index in [2.05, 4.69) is 15.3 Å². The van der Waals surface area contributed by atoms with Crippen molar-refractivity contribution in [3.63, 3.8) is 0 Å². The van der Waals surface area contributed by atoms with Gasteiger partial charge in [0.25, 0.3) is 0 Å². The topological polar surface area (TPSA) is 117 Å². The van der Waals surface area contributed by atoms with Gasteiger partial charge in [0.05, 0.1) is 29.6 Å². The highest BCUT2D eigenvalue weighted by atomic mass is 19.4. The number of carbonyl (C=O) groups is 3. The third kappa shape index (κ3) is 3.16. The molecule has 4 heterocycles. The summed E-state index contributed by atoms with van der Waals surface area (Å²) in [6, 6.07) is 16.6. The first-order valence-electron chi connectivity index (χ1n) is 13.2. The number of carbonyl (C=O) groups excluding carboxylic acids is 3. The molecule has 11 heteroatoms. The van der Waals surface area contributed by atoms with Crippen molar-refractivity contribution in [2.75, 3.05) is 13.7 Å². The van der Waals surface area contributed by atoms with Gasteiger partial charge >= 0.3 is 12.1 Å². The number of allylic oxidation sites excluding steroid dienone is 2. The minimum atomic E-state index is -4.95. The summed E-state index contributed by atoms with van der Waals surface area (Å²) in [4.78, 5) is 45.6. The van der Waals surface area contributed by atoms with E-state index in [-0.39, 0.29) is 28.4 Å². The van der Waals surface area contributed by atoms with Gasteiger partial charge in [-0.15, -0.1) is 0 Å². The van der Waals surface area contributed by atoms with Crippen LogP contribution in [0.5, 0.6) is 0 Å². The Morgan fingerprint density at radius 1 is 1.05 bits per heavy atom. The van der Waals surface area contributed by atoms with Crippen LogP contribution in [-0.2, 0) is 16.3 Å². The van der Waals surface area contributed by atoms with Gasteiger partial charge in [0, 0.05) is 45.1 Å². The number of esters is 1. The number of fused-ring (bicyclic) bond motifs is 3. The molecule has 2 aliphatic carbocycles. The lowest BCUT2D eigenvalue weighted by atomic mass is 9.78. The highest BCUT2D eigenvalue weighted by molar-refractivity contribution is 6.33. The van der Waals surface area contributed by atoms with Crippen molar-refractivity contribution in [3.8, 4) is 11.3 Å². The Morgan fingerprint density at radius 2 is 1.86 bits per heavy atom. The lowest BCUT2D eigenvalue weighted by Crippen LogP contribution is -2.33. The zero-order valence-corrected chi connectivity index (χ0v) is 21.9. The summed E-state index contributed by atoms with van der Waals surface area (Å²) in [5, 5.41) is 4.74. The first-order chi connectivity index (χ1) is 20.1. The van der Waals surface area contributed by atoms with Gasteiger partial charge in [-0.2, -0.15) is 13.2 Å². The third-order valence-electron chi connectivity index (χ3n) is 8.70. The number of halogens is 3. The van der Waals surface area contributed by atoms with Crippen LogP contribution >= 0.6 is 0 Å². The molecule has 0 bridgehead atoms. The SMILES string of the molecule is COC(=O)c1c(C(F)(F)F)[nH]c2c1C13CC1CNC3=C(C(=O)c1cc3cc(-c4cc5ccccc5o4)ccc3[nH]1)C2=O. The second-order valence-electron chi connectivity index (χ2n) is 10.9. The van der Waals surface area contributed by atoms with E-state index in [1.807, 2.05) is 42.5 Å². The molecule has 5 aromatic rings. The number of benzene rings is 2. The molecule has 2 fully saturated rings. The number of hydrogen-bond acceptors (Lipinski definition) is 6. The maximum atomic E-state index is 14.0. The molecule has 3 aromatic heterocycles. The highest BCUT2D eigenvalue weighted by Crippen LogP contribution is 2.66. The van der Waals surface area contributed by atoms with Crippen LogP contribution < -0.4 is 5.32 Å². The third-order valence-corrected chi connectivity index (χ3v) is 8.70. The highest BCUT2D eigenvalue weighted by Gasteiger charge is 2.68. The number of hydrogen-bond donors (Lipinski definition) is 3. The van der Waals surface area contributed by atoms with E-state index in [1.165, 1.54) is 0 Å². The maximum absolute atomic E-state index is 14.0. The number of methoxy groups -OCH3 is 1. The molecule has 8 rings (SSSR count). The molecule has 3 N–H and O–H groups in total. The number of piperidine rings is 1. The molecule has 3 aliphatic rings. The smallest absolute Gasteiger partial charge is 0.432 e. The fraction of sp³-hybridized carbons (Fsp3) is 0.194. The Morgan fingerprint density at radius 3 is 2.60 bits per heavy atom. The Balaban J connectivity index is 1.23.